The minimum atomic E-state index is 0.0982. The summed E-state index contributed by atoms with van der Waals surface area (Å²) in [4.78, 5) is 11.7. The molecular weight excluding hydrogens is 395 g/mol. The number of rotatable bonds is 6. The van der Waals surface area contributed by atoms with Gasteiger partial charge in [-0.3, -0.25) is 9.98 Å². The lowest BCUT2D eigenvalue weighted by atomic mass is 10.2. The van der Waals surface area contributed by atoms with Crippen LogP contribution in [0.4, 0.5) is 5.69 Å². The van der Waals surface area contributed by atoms with Crippen LogP contribution >= 0.6 is 23.2 Å². The molecule has 0 saturated carbocycles. The van der Waals surface area contributed by atoms with Gasteiger partial charge in [-0.15, -0.1) is 0 Å². The van der Waals surface area contributed by atoms with Crippen LogP contribution in [0, 0.1) is 0 Å². The molecule has 0 atom stereocenters. The number of anilines is 1. The zero-order valence-electron chi connectivity index (χ0n) is 14.9. The molecule has 0 bridgehead atoms. The van der Waals surface area contributed by atoms with Crippen molar-refractivity contribution in [3.63, 3.8) is 0 Å². The van der Waals surface area contributed by atoms with Gasteiger partial charge in [-0.25, -0.2) is 0 Å². The lowest BCUT2D eigenvalue weighted by Gasteiger charge is -2.08. The molecule has 0 amide bonds. The van der Waals surface area contributed by atoms with Crippen molar-refractivity contribution in [2.45, 2.75) is 6.42 Å². The molecule has 4 aromatic rings. The number of hydrogen-bond donors (Lipinski definition) is 3. The van der Waals surface area contributed by atoms with Gasteiger partial charge < -0.3 is 15.4 Å². The van der Waals surface area contributed by atoms with Crippen molar-refractivity contribution < 1.29 is 5.11 Å². The van der Waals surface area contributed by atoms with Crippen LogP contribution in [0.2, 0.25) is 10.0 Å². The van der Waals surface area contributed by atoms with Crippen LogP contribution < -0.4 is 5.32 Å². The Hall–Kier alpha value is -2.76. The highest BCUT2D eigenvalue weighted by Crippen LogP contribution is 2.28. The molecule has 0 aliphatic heterocycles. The molecule has 0 spiro atoms. The number of fused-ring (bicyclic) bond motifs is 2. The molecule has 0 unspecified atom stereocenters. The summed E-state index contributed by atoms with van der Waals surface area (Å²) < 4.78 is 0. The van der Waals surface area contributed by atoms with E-state index >= 15 is 0 Å². The smallest absolute Gasteiger partial charge is 0.198 e. The van der Waals surface area contributed by atoms with Gasteiger partial charge in [-0.05, 0) is 42.8 Å². The van der Waals surface area contributed by atoms with Crippen LogP contribution in [-0.2, 0) is 0 Å². The monoisotopic (exact) mass is 412 g/mol. The normalized spacial score (nSPS) is 11.6. The highest BCUT2D eigenvalue weighted by molar-refractivity contribution is 6.31. The van der Waals surface area contributed by atoms with Gasteiger partial charge >= 0.3 is 0 Å². The molecule has 0 fully saturated rings. The predicted octanol–water partition coefficient (Wildman–Crippen LogP) is 5.65. The van der Waals surface area contributed by atoms with Crippen molar-refractivity contribution >= 4 is 56.9 Å². The molecule has 28 heavy (non-hydrogen) atoms. The number of aromatic amines is 1. The van der Waals surface area contributed by atoms with E-state index in [0.29, 0.717) is 22.2 Å². The highest BCUT2D eigenvalue weighted by Gasteiger charge is 2.08. The molecular formula is C21H18Cl2N4O. The third-order valence-electron chi connectivity index (χ3n) is 4.48. The maximum atomic E-state index is 10.1. The van der Waals surface area contributed by atoms with Crippen molar-refractivity contribution in [1.82, 2.24) is 9.97 Å². The van der Waals surface area contributed by atoms with E-state index < -0.39 is 0 Å². The van der Waals surface area contributed by atoms with Gasteiger partial charge in [0.15, 0.2) is 5.88 Å². The van der Waals surface area contributed by atoms with Gasteiger partial charge in [0.2, 0.25) is 0 Å². The van der Waals surface area contributed by atoms with Gasteiger partial charge in [-0.1, -0.05) is 29.3 Å². The zero-order chi connectivity index (χ0) is 19.5. The second-order valence-corrected chi connectivity index (χ2v) is 7.29. The van der Waals surface area contributed by atoms with Crippen LogP contribution in [-0.4, -0.2) is 34.4 Å². The highest BCUT2D eigenvalue weighted by atomic mass is 35.5. The quantitative estimate of drug-likeness (QED) is 0.283. The van der Waals surface area contributed by atoms with Gasteiger partial charge in [0.25, 0.3) is 0 Å². The number of hydrogen-bond acceptors (Lipinski definition) is 4. The first kappa shape index (κ1) is 18.6. The molecule has 0 saturated heterocycles. The summed E-state index contributed by atoms with van der Waals surface area (Å²) in [6.07, 6.45) is 4.32. The Morgan fingerprint density at radius 2 is 1.86 bits per heavy atom. The van der Waals surface area contributed by atoms with Crippen LogP contribution in [0.1, 0.15) is 12.0 Å². The summed E-state index contributed by atoms with van der Waals surface area (Å²) in [5, 5.41) is 16.7. The fraction of sp³-hybridized carbons (Fsp3) is 0.143. The summed E-state index contributed by atoms with van der Waals surface area (Å²) in [5.41, 5.74) is 3.36. The second kappa shape index (κ2) is 8.09. The van der Waals surface area contributed by atoms with E-state index in [4.69, 9.17) is 23.2 Å². The lowest BCUT2D eigenvalue weighted by Crippen LogP contribution is -2.03. The number of nitrogens with one attached hydrogen (secondary N) is 2. The van der Waals surface area contributed by atoms with Gasteiger partial charge in [0, 0.05) is 52.0 Å². The number of halogens is 2. The number of aliphatic imine (C=N–C) groups is 1. The molecule has 3 N–H and O–H groups in total. The Labute approximate surface area is 172 Å². The molecule has 0 radical (unpaired) electrons. The standard InChI is InChI=1S/C21H18Cl2N4O/c22-13-3-5-16-18(6-9-26-19(16)10-13)25-8-1-7-24-12-17-15-4-2-14(23)11-20(15)27-21(17)28/h2-6,9-12,27-28H,1,7-8H2,(H,25,26). The SMILES string of the molecule is Oc1[nH]c2cc(Cl)ccc2c1C=NCCCNc1ccnc2cc(Cl)ccc12. The largest absolute Gasteiger partial charge is 0.494 e. The Morgan fingerprint density at radius 3 is 2.71 bits per heavy atom. The molecule has 4 rings (SSSR count). The van der Waals surface area contributed by atoms with E-state index in [2.05, 4.69) is 20.3 Å². The van der Waals surface area contributed by atoms with E-state index in [1.807, 2.05) is 30.3 Å². The van der Waals surface area contributed by atoms with Crippen LogP contribution in [0.15, 0.2) is 53.7 Å². The summed E-state index contributed by atoms with van der Waals surface area (Å²) in [5.74, 6) is 0.0982. The third-order valence-corrected chi connectivity index (χ3v) is 4.95. The number of H-pyrrole nitrogens is 1. The van der Waals surface area contributed by atoms with E-state index in [1.165, 1.54) is 0 Å². The fourth-order valence-corrected chi connectivity index (χ4v) is 3.47. The van der Waals surface area contributed by atoms with Crippen molar-refractivity contribution in [3.05, 3.63) is 64.3 Å². The average Bonchev–Trinajstić information content (AvgIpc) is 2.98. The number of aromatic nitrogens is 2. The number of pyridine rings is 1. The topological polar surface area (TPSA) is 73.3 Å². The third kappa shape index (κ3) is 3.91. The summed E-state index contributed by atoms with van der Waals surface area (Å²) in [7, 11) is 0. The van der Waals surface area contributed by atoms with Crippen molar-refractivity contribution in [2.24, 2.45) is 4.99 Å². The number of benzene rings is 2. The second-order valence-electron chi connectivity index (χ2n) is 6.41. The molecule has 2 aromatic carbocycles. The molecule has 142 valence electrons. The maximum absolute atomic E-state index is 10.1. The Kier molecular flexibility index (Phi) is 5.37. The zero-order valence-corrected chi connectivity index (χ0v) is 16.4. The molecule has 5 nitrogen and oxygen atoms in total. The first-order valence-corrected chi connectivity index (χ1v) is 9.65. The minimum absolute atomic E-state index is 0.0982. The van der Waals surface area contributed by atoms with Crippen LogP contribution in [0.5, 0.6) is 5.88 Å². The molecule has 0 aliphatic carbocycles. The Balaban J connectivity index is 1.36. The van der Waals surface area contributed by atoms with Gasteiger partial charge in [0.05, 0.1) is 16.6 Å². The van der Waals surface area contributed by atoms with Crippen LogP contribution in [0.25, 0.3) is 21.8 Å². The minimum Gasteiger partial charge on any atom is -0.494 e. The van der Waals surface area contributed by atoms with Crippen molar-refractivity contribution in [3.8, 4) is 5.88 Å². The summed E-state index contributed by atoms with van der Waals surface area (Å²) >= 11 is 12.0. The molecule has 0 aliphatic rings. The van der Waals surface area contributed by atoms with Crippen molar-refractivity contribution in [1.29, 1.82) is 0 Å². The molecule has 7 heteroatoms. The van der Waals surface area contributed by atoms with Gasteiger partial charge in [-0.2, -0.15) is 0 Å². The molecule has 2 heterocycles. The van der Waals surface area contributed by atoms with E-state index in [0.717, 1.165) is 40.5 Å². The maximum Gasteiger partial charge on any atom is 0.198 e. The first-order chi connectivity index (χ1) is 13.6. The number of aromatic hydroxyl groups is 1. The van der Waals surface area contributed by atoms with Crippen LogP contribution in [0.3, 0.4) is 0 Å². The average molecular weight is 413 g/mol. The summed E-state index contributed by atoms with van der Waals surface area (Å²) in [6, 6.07) is 13.1. The van der Waals surface area contributed by atoms with Crippen molar-refractivity contribution in [2.75, 3.05) is 18.4 Å². The van der Waals surface area contributed by atoms with E-state index in [9.17, 15) is 5.11 Å². The first-order valence-electron chi connectivity index (χ1n) is 8.90. The van der Waals surface area contributed by atoms with Gasteiger partial charge in [0.1, 0.15) is 0 Å². The van der Waals surface area contributed by atoms with E-state index in [1.54, 1.807) is 24.5 Å². The fourth-order valence-electron chi connectivity index (χ4n) is 3.13. The summed E-state index contributed by atoms with van der Waals surface area (Å²) in [6.45, 7) is 1.41. The Morgan fingerprint density at radius 1 is 1.07 bits per heavy atom. The predicted molar refractivity (Wildman–Crippen MR) is 117 cm³/mol. The lowest BCUT2D eigenvalue weighted by molar-refractivity contribution is 0.457. The van der Waals surface area contributed by atoms with E-state index in [-0.39, 0.29) is 5.88 Å². The molecule has 2 aromatic heterocycles. The number of nitrogens with zero attached hydrogens (tertiary/aromatic N) is 2. The Bertz CT molecular complexity index is 1170.